The van der Waals surface area contributed by atoms with Gasteiger partial charge in [-0.15, -0.1) is 0 Å². The van der Waals surface area contributed by atoms with E-state index in [0.717, 1.165) is 0 Å². The second-order valence-electron chi connectivity index (χ2n) is 2.15. The summed E-state index contributed by atoms with van der Waals surface area (Å²) in [6.07, 6.45) is 0. The Labute approximate surface area is 73.4 Å². The molecule has 0 aliphatic heterocycles. The van der Waals surface area contributed by atoms with Crippen LogP contribution in [0.4, 0.5) is 5.69 Å². The van der Waals surface area contributed by atoms with E-state index in [-0.39, 0.29) is 5.56 Å². The fraction of sp³-hybridized carbons (Fsp3) is 0. The summed E-state index contributed by atoms with van der Waals surface area (Å²) in [6, 6.07) is 4.18. The molecule has 12 heavy (non-hydrogen) atoms. The van der Waals surface area contributed by atoms with E-state index in [2.05, 4.69) is 4.89 Å². The van der Waals surface area contributed by atoms with Crippen LogP contribution in [0.3, 0.4) is 0 Å². The lowest BCUT2D eigenvalue weighted by atomic mass is 10.2. The van der Waals surface area contributed by atoms with Crippen LogP contribution in [0.15, 0.2) is 18.2 Å². The molecular weight excluding hydrogens is 182 g/mol. The molecule has 4 nitrogen and oxygen atoms in total. The molecule has 1 aromatic carbocycles. The zero-order valence-corrected chi connectivity index (χ0v) is 6.71. The molecule has 0 atom stereocenters. The van der Waals surface area contributed by atoms with Gasteiger partial charge in [0.1, 0.15) is 0 Å². The third kappa shape index (κ3) is 1.87. The summed E-state index contributed by atoms with van der Waals surface area (Å²) in [5.41, 5.74) is 5.83. The summed E-state index contributed by atoms with van der Waals surface area (Å²) in [5.74, 6) is -0.885. The van der Waals surface area contributed by atoms with Gasteiger partial charge in [0.05, 0.1) is 5.56 Å². The zero-order chi connectivity index (χ0) is 9.14. The van der Waals surface area contributed by atoms with Gasteiger partial charge in [-0.1, -0.05) is 11.6 Å². The number of benzene rings is 1. The third-order valence-corrected chi connectivity index (χ3v) is 1.46. The maximum absolute atomic E-state index is 10.7. The van der Waals surface area contributed by atoms with Gasteiger partial charge in [-0.05, 0) is 18.2 Å². The van der Waals surface area contributed by atoms with Crippen molar-refractivity contribution in [3.8, 4) is 0 Å². The SMILES string of the molecule is Nc1cc(Cl)cc(C(=O)OO)c1. The van der Waals surface area contributed by atoms with E-state index < -0.39 is 5.97 Å². The fourth-order valence-electron chi connectivity index (χ4n) is 0.783. The van der Waals surface area contributed by atoms with Crippen LogP contribution < -0.4 is 5.73 Å². The molecule has 3 N–H and O–H groups in total. The van der Waals surface area contributed by atoms with Gasteiger partial charge in [-0.2, -0.15) is 5.26 Å². The van der Waals surface area contributed by atoms with E-state index in [1.807, 2.05) is 0 Å². The highest BCUT2D eigenvalue weighted by molar-refractivity contribution is 6.31. The van der Waals surface area contributed by atoms with Crippen LogP contribution in [0.25, 0.3) is 0 Å². The van der Waals surface area contributed by atoms with Crippen LogP contribution in [0.1, 0.15) is 10.4 Å². The van der Waals surface area contributed by atoms with Crippen LogP contribution in [-0.2, 0) is 4.89 Å². The van der Waals surface area contributed by atoms with Crippen LogP contribution >= 0.6 is 11.6 Å². The van der Waals surface area contributed by atoms with Crippen LogP contribution in [0.2, 0.25) is 5.02 Å². The largest absolute Gasteiger partial charge is 0.399 e. The molecule has 0 bridgehead atoms. The van der Waals surface area contributed by atoms with Crippen molar-refractivity contribution in [2.24, 2.45) is 0 Å². The Morgan fingerprint density at radius 1 is 1.50 bits per heavy atom. The predicted octanol–water partition coefficient (Wildman–Crippen LogP) is 1.55. The Morgan fingerprint density at radius 3 is 2.67 bits per heavy atom. The molecule has 0 aliphatic carbocycles. The maximum atomic E-state index is 10.7. The van der Waals surface area contributed by atoms with Gasteiger partial charge in [0.2, 0.25) is 0 Å². The number of hydrogen-bond donors (Lipinski definition) is 2. The fourth-order valence-corrected chi connectivity index (χ4v) is 1.03. The highest BCUT2D eigenvalue weighted by Gasteiger charge is 2.07. The molecule has 0 unspecified atom stereocenters. The molecule has 0 saturated heterocycles. The number of hydrogen-bond acceptors (Lipinski definition) is 4. The first-order valence-electron chi connectivity index (χ1n) is 3.05. The minimum absolute atomic E-state index is 0.113. The first kappa shape index (κ1) is 8.83. The van der Waals surface area contributed by atoms with Crippen molar-refractivity contribution in [1.82, 2.24) is 0 Å². The number of carbonyl (C=O) groups excluding carboxylic acids is 1. The molecule has 1 rings (SSSR count). The average Bonchev–Trinajstić information content (AvgIpc) is 2.01. The number of rotatable bonds is 1. The molecule has 0 saturated carbocycles. The Kier molecular flexibility index (Phi) is 2.52. The van der Waals surface area contributed by atoms with Crippen LogP contribution in [0, 0.1) is 0 Å². The van der Waals surface area contributed by atoms with E-state index in [1.165, 1.54) is 18.2 Å². The Balaban J connectivity index is 3.08. The first-order chi connectivity index (χ1) is 5.63. The third-order valence-electron chi connectivity index (χ3n) is 1.24. The van der Waals surface area contributed by atoms with Gasteiger partial charge < -0.3 is 5.73 Å². The van der Waals surface area contributed by atoms with Crippen LogP contribution in [-0.4, -0.2) is 11.2 Å². The van der Waals surface area contributed by atoms with Crippen molar-refractivity contribution in [2.75, 3.05) is 5.73 Å². The van der Waals surface area contributed by atoms with Gasteiger partial charge in [0.25, 0.3) is 0 Å². The summed E-state index contributed by atoms with van der Waals surface area (Å²) >= 11 is 5.58. The molecule has 0 aliphatic rings. The topological polar surface area (TPSA) is 72.6 Å². The van der Waals surface area contributed by atoms with Gasteiger partial charge >= 0.3 is 5.97 Å². The molecule has 1 aromatic rings. The number of halogens is 1. The minimum atomic E-state index is -0.885. The second kappa shape index (κ2) is 3.42. The lowest BCUT2D eigenvalue weighted by molar-refractivity contribution is -0.182. The van der Waals surface area contributed by atoms with Crippen molar-refractivity contribution >= 4 is 23.3 Å². The molecule has 0 radical (unpaired) electrons. The average molecular weight is 188 g/mol. The van der Waals surface area contributed by atoms with E-state index in [1.54, 1.807) is 0 Å². The smallest absolute Gasteiger partial charge is 0.372 e. The van der Waals surface area contributed by atoms with Crippen LogP contribution in [0.5, 0.6) is 0 Å². The molecule has 0 spiro atoms. The quantitative estimate of drug-likeness (QED) is 0.398. The van der Waals surface area contributed by atoms with Gasteiger partial charge in [0, 0.05) is 10.7 Å². The van der Waals surface area contributed by atoms with Crippen molar-refractivity contribution in [1.29, 1.82) is 0 Å². The summed E-state index contributed by atoms with van der Waals surface area (Å²) in [5, 5.41) is 8.35. The van der Waals surface area contributed by atoms with Crippen molar-refractivity contribution in [3.63, 3.8) is 0 Å². The van der Waals surface area contributed by atoms with Gasteiger partial charge in [-0.25, -0.2) is 4.79 Å². The van der Waals surface area contributed by atoms with Crippen molar-refractivity contribution in [2.45, 2.75) is 0 Å². The Hall–Kier alpha value is -1.26. The number of nitrogens with two attached hydrogens (primary N) is 1. The standard InChI is InChI=1S/C7H6ClNO3/c8-5-1-4(7(10)12-11)2-6(9)3-5/h1-3,11H,9H2. The Bertz CT molecular complexity index is 293. The summed E-state index contributed by atoms with van der Waals surface area (Å²) in [7, 11) is 0. The second-order valence-corrected chi connectivity index (χ2v) is 2.59. The molecular formula is C7H6ClNO3. The highest BCUT2D eigenvalue weighted by atomic mass is 35.5. The molecule has 5 heteroatoms. The molecule has 0 amide bonds. The number of anilines is 1. The summed E-state index contributed by atoms with van der Waals surface area (Å²) < 4.78 is 0. The maximum Gasteiger partial charge on any atom is 0.372 e. The predicted molar refractivity (Wildman–Crippen MR) is 43.9 cm³/mol. The molecule has 0 fully saturated rings. The normalized spacial score (nSPS) is 9.50. The van der Waals surface area contributed by atoms with E-state index in [4.69, 9.17) is 22.6 Å². The Morgan fingerprint density at radius 2 is 2.17 bits per heavy atom. The first-order valence-corrected chi connectivity index (χ1v) is 3.43. The van der Waals surface area contributed by atoms with E-state index >= 15 is 0 Å². The number of carbonyl (C=O) groups is 1. The lowest BCUT2D eigenvalue weighted by Gasteiger charge is -1.99. The van der Waals surface area contributed by atoms with Gasteiger partial charge in [0.15, 0.2) is 0 Å². The molecule has 0 aromatic heterocycles. The number of nitrogen functional groups attached to an aromatic ring is 1. The van der Waals surface area contributed by atoms with Crippen molar-refractivity contribution in [3.05, 3.63) is 28.8 Å². The summed E-state index contributed by atoms with van der Waals surface area (Å²) in [4.78, 5) is 14.2. The van der Waals surface area contributed by atoms with E-state index in [9.17, 15) is 4.79 Å². The minimum Gasteiger partial charge on any atom is -0.399 e. The molecule has 0 heterocycles. The van der Waals surface area contributed by atoms with Crippen molar-refractivity contribution < 1.29 is 14.9 Å². The van der Waals surface area contributed by atoms with E-state index in [0.29, 0.717) is 10.7 Å². The zero-order valence-electron chi connectivity index (χ0n) is 5.95. The summed E-state index contributed by atoms with van der Waals surface area (Å²) in [6.45, 7) is 0. The molecule has 64 valence electrons. The lowest BCUT2D eigenvalue weighted by Crippen LogP contribution is -2.02. The monoisotopic (exact) mass is 187 g/mol. The van der Waals surface area contributed by atoms with Gasteiger partial charge in [-0.3, -0.25) is 4.89 Å². The highest BCUT2D eigenvalue weighted by Crippen LogP contribution is 2.16.